The van der Waals surface area contributed by atoms with E-state index in [-0.39, 0.29) is 0 Å². The van der Waals surface area contributed by atoms with Gasteiger partial charge in [0.2, 0.25) is 0 Å². The van der Waals surface area contributed by atoms with E-state index < -0.39 is 5.41 Å². The van der Waals surface area contributed by atoms with Crippen molar-refractivity contribution < 1.29 is 0 Å². The first kappa shape index (κ1) is 45.6. The smallest absolute Gasteiger partial charge is 0.0715 e. The van der Waals surface area contributed by atoms with Gasteiger partial charge in [0, 0.05) is 33.5 Å². The molecule has 1 aliphatic carbocycles. The van der Waals surface area contributed by atoms with Crippen LogP contribution in [0.4, 0.5) is 34.1 Å². The number of fused-ring (bicyclic) bond motifs is 7. The van der Waals surface area contributed by atoms with Gasteiger partial charge in [0.1, 0.15) is 0 Å². The van der Waals surface area contributed by atoms with E-state index in [4.69, 9.17) is 0 Å². The van der Waals surface area contributed by atoms with Gasteiger partial charge in [-0.15, -0.1) is 0 Å². The van der Waals surface area contributed by atoms with Crippen molar-refractivity contribution in [1.29, 1.82) is 0 Å². The van der Waals surface area contributed by atoms with Crippen molar-refractivity contribution in [3.05, 3.63) is 338 Å². The summed E-state index contributed by atoms with van der Waals surface area (Å²) in [5.74, 6) is 0. The minimum Gasteiger partial charge on any atom is -0.310 e. The molecule has 0 atom stereocenters. The summed E-state index contributed by atoms with van der Waals surface area (Å²) in [7, 11) is 0. The second-order valence-corrected chi connectivity index (χ2v) is 20.0. The van der Waals surface area contributed by atoms with Crippen molar-refractivity contribution in [2.75, 3.05) is 9.80 Å². The largest absolute Gasteiger partial charge is 0.310 e. The van der Waals surface area contributed by atoms with E-state index in [1.807, 2.05) is 0 Å². The Balaban J connectivity index is 1.04. The van der Waals surface area contributed by atoms with Crippen molar-refractivity contribution in [3.63, 3.8) is 0 Å². The predicted molar refractivity (Wildman–Crippen MR) is 324 cm³/mol. The van der Waals surface area contributed by atoms with Gasteiger partial charge in [-0.1, -0.05) is 255 Å². The third kappa shape index (κ3) is 7.89. The lowest BCUT2D eigenvalue weighted by Crippen LogP contribution is -2.32. The summed E-state index contributed by atoms with van der Waals surface area (Å²) >= 11 is 0. The molecular formula is C75H52N2. The summed E-state index contributed by atoms with van der Waals surface area (Å²) in [5, 5.41) is 4.74. The number of nitrogens with zero attached hydrogens (tertiary/aromatic N) is 2. The lowest BCUT2D eigenvalue weighted by atomic mass is 9.63. The zero-order valence-electron chi connectivity index (χ0n) is 42.4. The summed E-state index contributed by atoms with van der Waals surface area (Å²) in [6, 6.07) is 116. The zero-order valence-corrected chi connectivity index (χ0v) is 42.4. The summed E-state index contributed by atoms with van der Waals surface area (Å²) in [4.78, 5) is 4.91. The van der Waals surface area contributed by atoms with Crippen molar-refractivity contribution in [2.24, 2.45) is 0 Å². The maximum atomic E-state index is 2.47. The Morgan fingerprint density at radius 2 is 0.558 bits per heavy atom. The molecule has 0 saturated heterocycles. The molecule has 13 aromatic rings. The molecule has 1 aliphatic rings. The number of rotatable bonds is 10. The highest BCUT2D eigenvalue weighted by atomic mass is 15.1. The Hall–Kier alpha value is -10.0. The summed E-state index contributed by atoms with van der Waals surface area (Å²) < 4.78 is 0. The van der Waals surface area contributed by atoms with Gasteiger partial charge in [-0.05, 0) is 138 Å². The Morgan fingerprint density at radius 3 is 1.00 bits per heavy atom. The van der Waals surface area contributed by atoms with E-state index in [1.54, 1.807) is 0 Å². The monoisotopic (exact) mass is 980 g/mol. The molecule has 0 N–H and O–H groups in total. The molecule has 0 spiro atoms. The number of benzene rings is 13. The van der Waals surface area contributed by atoms with Crippen molar-refractivity contribution in [2.45, 2.75) is 5.41 Å². The Morgan fingerprint density at radius 1 is 0.221 bits per heavy atom. The van der Waals surface area contributed by atoms with Crippen LogP contribution >= 0.6 is 0 Å². The Labute approximate surface area is 450 Å². The van der Waals surface area contributed by atoms with Crippen LogP contribution in [-0.4, -0.2) is 0 Å². The molecule has 77 heavy (non-hydrogen) atoms. The normalized spacial score (nSPS) is 12.3. The van der Waals surface area contributed by atoms with Crippen LogP contribution in [0, 0.1) is 0 Å². The van der Waals surface area contributed by atoms with Crippen molar-refractivity contribution in [3.8, 4) is 44.5 Å². The average Bonchev–Trinajstić information content (AvgIpc) is 3.76. The molecule has 0 amide bonds. The van der Waals surface area contributed by atoms with Gasteiger partial charge in [-0.25, -0.2) is 0 Å². The second kappa shape index (κ2) is 19.4. The molecule has 0 aromatic heterocycles. The van der Waals surface area contributed by atoms with Crippen molar-refractivity contribution >= 4 is 55.7 Å². The lowest BCUT2D eigenvalue weighted by Gasteiger charge is -2.39. The molecule has 0 fully saturated rings. The first-order chi connectivity index (χ1) is 38.2. The van der Waals surface area contributed by atoms with Crippen LogP contribution in [0.2, 0.25) is 0 Å². The summed E-state index contributed by atoms with van der Waals surface area (Å²) in [5.41, 5.74) is 20.0. The second-order valence-electron chi connectivity index (χ2n) is 20.0. The van der Waals surface area contributed by atoms with Crippen LogP contribution in [0.5, 0.6) is 0 Å². The molecular weight excluding hydrogens is 929 g/mol. The Kier molecular flexibility index (Phi) is 11.5. The van der Waals surface area contributed by atoms with Gasteiger partial charge in [-0.3, -0.25) is 0 Å². The van der Waals surface area contributed by atoms with E-state index in [9.17, 15) is 0 Å². The fraction of sp³-hybridized carbons (Fsp3) is 0.0133. The fourth-order valence-corrected chi connectivity index (χ4v) is 12.3. The highest BCUT2D eigenvalue weighted by molar-refractivity contribution is 6.01. The van der Waals surface area contributed by atoms with Crippen molar-refractivity contribution in [1.82, 2.24) is 0 Å². The Bertz CT molecular complexity index is 3990. The first-order valence-electron chi connectivity index (χ1n) is 26.6. The molecule has 0 bridgehead atoms. The van der Waals surface area contributed by atoms with Crippen LogP contribution in [-0.2, 0) is 5.41 Å². The topological polar surface area (TPSA) is 6.48 Å². The molecule has 0 radical (unpaired) electrons. The summed E-state index contributed by atoms with van der Waals surface area (Å²) in [6.45, 7) is 0. The maximum Gasteiger partial charge on any atom is 0.0715 e. The van der Waals surface area contributed by atoms with Gasteiger partial charge in [0.15, 0.2) is 0 Å². The van der Waals surface area contributed by atoms with Gasteiger partial charge in [0.25, 0.3) is 0 Å². The molecule has 2 nitrogen and oxygen atoms in total. The van der Waals surface area contributed by atoms with Gasteiger partial charge in [-0.2, -0.15) is 0 Å². The average molecular weight is 981 g/mol. The molecule has 2 heteroatoms. The molecule has 0 saturated carbocycles. The van der Waals surface area contributed by atoms with E-state index in [0.29, 0.717) is 0 Å². The van der Waals surface area contributed by atoms with Gasteiger partial charge >= 0.3 is 0 Å². The van der Waals surface area contributed by atoms with E-state index >= 15 is 0 Å². The van der Waals surface area contributed by atoms with E-state index in [0.717, 1.165) is 45.3 Å². The molecule has 0 unspecified atom stereocenters. The molecule has 14 rings (SSSR count). The maximum absolute atomic E-state index is 2.47. The molecule has 362 valence electrons. The van der Waals surface area contributed by atoms with Crippen LogP contribution < -0.4 is 9.80 Å². The minimum atomic E-state index is -0.832. The minimum absolute atomic E-state index is 0.832. The standard InChI is InChI=1S/C75H52N2/c1-3-21-53(22-4-1)55-43-47-61(48-44-55)76(73-41-17-27-57-25-7-9-33-65(57)73)63-31-19-29-59(51-63)75(71-39-15-13-37-69(71)67-35-11-12-36-68(67)70-38-14-16-40-72(70)75)60-30-20-32-64(52-60)77(74-42-18-28-58-26-8-10-34-66(58)74)62-49-45-56(46-50-62)54-23-5-2-6-24-54/h1-52H. The third-order valence-electron chi connectivity index (χ3n) is 15.7. The SMILES string of the molecule is c1ccc(-c2ccc(N(c3cccc(C4(c5cccc(N(c6ccc(-c7ccccc7)cc6)c6cccc7ccccc67)c5)c5ccccc5-c5ccccc5-c5ccccc54)c3)c3cccc4ccccc34)cc2)cc1. The molecule has 0 heterocycles. The number of anilines is 6. The quantitative estimate of drug-likeness (QED) is 0.135. The van der Waals surface area contributed by atoms with Crippen LogP contribution in [0.3, 0.4) is 0 Å². The lowest BCUT2D eigenvalue weighted by molar-refractivity contribution is 0.751. The van der Waals surface area contributed by atoms with E-state index in [1.165, 1.54) is 77.2 Å². The van der Waals surface area contributed by atoms with Crippen LogP contribution in [0.15, 0.2) is 315 Å². The first-order valence-corrected chi connectivity index (χ1v) is 26.6. The summed E-state index contributed by atoms with van der Waals surface area (Å²) in [6.07, 6.45) is 0. The van der Waals surface area contributed by atoms with Gasteiger partial charge < -0.3 is 9.80 Å². The van der Waals surface area contributed by atoms with Gasteiger partial charge in [0.05, 0.1) is 16.8 Å². The number of hydrogen-bond donors (Lipinski definition) is 0. The predicted octanol–water partition coefficient (Wildman–Crippen LogP) is 20.3. The zero-order chi connectivity index (χ0) is 51.1. The van der Waals surface area contributed by atoms with E-state index in [2.05, 4.69) is 325 Å². The highest BCUT2D eigenvalue weighted by Crippen LogP contribution is 2.56. The molecule has 0 aliphatic heterocycles. The van der Waals surface area contributed by atoms with Crippen LogP contribution in [0.25, 0.3) is 66.1 Å². The third-order valence-corrected chi connectivity index (χ3v) is 15.7. The van der Waals surface area contributed by atoms with Crippen LogP contribution in [0.1, 0.15) is 22.3 Å². The number of hydrogen-bond acceptors (Lipinski definition) is 2. The fourth-order valence-electron chi connectivity index (χ4n) is 12.3. The highest BCUT2D eigenvalue weighted by Gasteiger charge is 2.44. The molecule has 13 aromatic carbocycles.